The first kappa shape index (κ1) is 12.5. The zero-order valence-corrected chi connectivity index (χ0v) is 11.4. The molecule has 0 fully saturated rings. The number of benzene rings is 1. The van der Waals surface area contributed by atoms with Crippen molar-refractivity contribution in [2.45, 2.75) is 13.5 Å². The van der Waals surface area contributed by atoms with Gasteiger partial charge in [0.1, 0.15) is 0 Å². The molecule has 1 N–H and O–H groups in total. The summed E-state index contributed by atoms with van der Waals surface area (Å²) in [6.45, 7) is 2.63. The molecule has 2 heterocycles. The molecule has 0 unspecified atom stereocenters. The zero-order chi connectivity index (χ0) is 14.3. The van der Waals surface area contributed by atoms with Crippen molar-refractivity contribution < 1.29 is 9.90 Å². The first-order chi connectivity index (χ1) is 9.54. The molecule has 0 saturated heterocycles. The number of hydrogen-bond acceptors (Lipinski definition) is 2. The minimum atomic E-state index is -0.906. The Bertz CT molecular complexity index is 799. The Morgan fingerprint density at radius 3 is 2.75 bits per heavy atom. The second-order valence-electron chi connectivity index (χ2n) is 4.92. The van der Waals surface area contributed by atoms with Gasteiger partial charge in [-0.2, -0.15) is 5.10 Å². The van der Waals surface area contributed by atoms with Gasteiger partial charge in [0.05, 0.1) is 23.5 Å². The lowest BCUT2D eigenvalue weighted by Crippen LogP contribution is -2.05. The van der Waals surface area contributed by atoms with E-state index in [0.717, 1.165) is 22.3 Å². The molecule has 0 saturated carbocycles. The van der Waals surface area contributed by atoms with Crippen LogP contribution in [0.1, 0.15) is 21.7 Å². The number of carboxylic acid groups (broad SMARTS) is 1. The predicted octanol–water partition coefficient (Wildman–Crippen LogP) is 2.43. The second kappa shape index (κ2) is 4.52. The number of aromatic nitrogens is 3. The van der Waals surface area contributed by atoms with Crippen LogP contribution < -0.4 is 0 Å². The van der Waals surface area contributed by atoms with E-state index in [2.05, 4.69) is 5.10 Å². The monoisotopic (exact) mass is 269 g/mol. The van der Waals surface area contributed by atoms with Gasteiger partial charge >= 0.3 is 5.97 Å². The fourth-order valence-electron chi connectivity index (χ4n) is 2.44. The highest BCUT2D eigenvalue weighted by atomic mass is 16.4. The van der Waals surface area contributed by atoms with E-state index in [-0.39, 0.29) is 0 Å². The van der Waals surface area contributed by atoms with E-state index in [1.807, 2.05) is 47.6 Å². The van der Waals surface area contributed by atoms with Crippen molar-refractivity contribution in [3.8, 4) is 0 Å². The van der Waals surface area contributed by atoms with E-state index in [9.17, 15) is 4.79 Å². The molecule has 0 aliphatic rings. The van der Waals surface area contributed by atoms with Crippen LogP contribution in [0.4, 0.5) is 0 Å². The minimum absolute atomic E-state index is 0.304. The lowest BCUT2D eigenvalue weighted by Gasteiger charge is -2.06. The third-order valence-electron chi connectivity index (χ3n) is 3.45. The van der Waals surface area contributed by atoms with Gasteiger partial charge in [-0.05, 0) is 36.6 Å². The van der Waals surface area contributed by atoms with Gasteiger partial charge in [0.25, 0.3) is 0 Å². The van der Waals surface area contributed by atoms with E-state index in [1.165, 1.54) is 0 Å². The molecular weight excluding hydrogens is 254 g/mol. The maximum atomic E-state index is 11.1. The summed E-state index contributed by atoms with van der Waals surface area (Å²) in [4.78, 5) is 11.1. The minimum Gasteiger partial charge on any atom is -0.478 e. The smallest absolute Gasteiger partial charge is 0.335 e. The summed E-state index contributed by atoms with van der Waals surface area (Å²) >= 11 is 0. The predicted molar refractivity (Wildman–Crippen MR) is 75.9 cm³/mol. The molecule has 0 bridgehead atoms. The van der Waals surface area contributed by atoms with Gasteiger partial charge in [-0.15, -0.1) is 0 Å². The Hall–Kier alpha value is -2.56. The van der Waals surface area contributed by atoms with Crippen LogP contribution in [0.25, 0.3) is 10.9 Å². The summed E-state index contributed by atoms with van der Waals surface area (Å²) in [7, 11) is 1.91. The van der Waals surface area contributed by atoms with Crippen LogP contribution >= 0.6 is 0 Å². The number of hydrogen-bond donors (Lipinski definition) is 1. The molecule has 0 amide bonds. The quantitative estimate of drug-likeness (QED) is 0.794. The van der Waals surface area contributed by atoms with Crippen molar-refractivity contribution in [3.05, 3.63) is 53.5 Å². The molecule has 1 aromatic carbocycles. The maximum absolute atomic E-state index is 11.1. The fourth-order valence-corrected chi connectivity index (χ4v) is 2.44. The molecular formula is C15H15N3O2. The van der Waals surface area contributed by atoms with E-state index in [1.54, 1.807) is 12.1 Å². The normalized spacial score (nSPS) is 11.1. The molecule has 0 radical (unpaired) electrons. The average Bonchev–Trinajstić information content (AvgIpc) is 2.93. The largest absolute Gasteiger partial charge is 0.478 e. The summed E-state index contributed by atoms with van der Waals surface area (Å²) < 4.78 is 3.89. The van der Waals surface area contributed by atoms with Crippen LogP contribution in [0.2, 0.25) is 0 Å². The maximum Gasteiger partial charge on any atom is 0.335 e. The van der Waals surface area contributed by atoms with Crippen molar-refractivity contribution in [3.63, 3.8) is 0 Å². The summed E-state index contributed by atoms with van der Waals surface area (Å²) in [5.41, 5.74) is 3.29. The average molecular weight is 269 g/mol. The highest BCUT2D eigenvalue weighted by Gasteiger charge is 2.09. The Kier molecular flexibility index (Phi) is 2.82. The number of nitrogens with zero attached hydrogens (tertiary/aromatic N) is 3. The number of carboxylic acids is 1. The standard InChI is InChI=1S/C15H15N3O2/c1-10-7-13(17(2)16-10)9-18-6-5-11-3-4-12(15(19)20)8-14(11)18/h3-8H,9H2,1-2H3,(H,19,20). The van der Waals surface area contributed by atoms with Crippen LogP contribution in [0.5, 0.6) is 0 Å². The van der Waals surface area contributed by atoms with E-state index in [4.69, 9.17) is 5.11 Å². The van der Waals surface area contributed by atoms with E-state index < -0.39 is 5.97 Å². The van der Waals surface area contributed by atoms with Crippen molar-refractivity contribution >= 4 is 16.9 Å². The van der Waals surface area contributed by atoms with Crippen LogP contribution in [0.3, 0.4) is 0 Å². The van der Waals surface area contributed by atoms with Crippen molar-refractivity contribution in [1.82, 2.24) is 14.3 Å². The summed E-state index contributed by atoms with van der Waals surface area (Å²) in [6, 6.07) is 9.20. The lowest BCUT2D eigenvalue weighted by atomic mass is 10.1. The summed E-state index contributed by atoms with van der Waals surface area (Å²) in [6.07, 6.45) is 1.97. The number of rotatable bonds is 3. The molecule has 5 heteroatoms. The van der Waals surface area contributed by atoms with Crippen LogP contribution in [0.15, 0.2) is 36.5 Å². The molecule has 0 aliphatic heterocycles. The van der Waals surface area contributed by atoms with Crippen molar-refractivity contribution in [2.75, 3.05) is 0 Å². The van der Waals surface area contributed by atoms with Crippen LogP contribution in [-0.4, -0.2) is 25.4 Å². The van der Waals surface area contributed by atoms with Gasteiger partial charge < -0.3 is 9.67 Å². The molecule has 3 aromatic rings. The first-order valence-corrected chi connectivity index (χ1v) is 6.36. The third kappa shape index (κ3) is 2.07. The molecule has 0 spiro atoms. The fraction of sp³-hybridized carbons (Fsp3) is 0.200. The number of carbonyl (C=O) groups is 1. The molecule has 0 atom stereocenters. The molecule has 0 aliphatic carbocycles. The summed E-state index contributed by atoms with van der Waals surface area (Å²) in [5.74, 6) is -0.906. The van der Waals surface area contributed by atoms with E-state index in [0.29, 0.717) is 12.1 Å². The molecule has 2 aromatic heterocycles. The van der Waals surface area contributed by atoms with Gasteiger partial charge in [0.15, 0.2) is 0 Å². The van der Waals surface area contributed by atoms with Gasteiger partial charge in [-0.1, -0.05) is 6.07 Å². The topological polar surface area (TPSA) is 60.1 Å². The Morgan fingerprint density at radius 2 is 2.10 bits per heavy atom. The Balaban J connectivity index is 2.05. The zero-order valence-electron chi connectivity index (χ0n) is 11.4. The highest BCUT2D eigenvalue weighted by Crippen LogP contribution is 2.19. The summed E-state index contributed by atoms with van der Waals surface area (Å²) in [5, 5.41) is 14.4. The molecule has 5 nitrogen and oxygen atoms in total. The molecule has 3 rings (SSSR count). The van der Waals surface area contributed by atoms with Crippen molar-refractivity contribution in [1.29, 1.82) is 0 Å². The van der Waals surface area contributed by atoms with Gasteiger partial charge in [-0.25, -0.2) is 4.79 Å². The van der Waals surface area contributed by atoms with Gasteiger partial charge in [-0.3, -0.25) is 4.68 Å². The number of fused-ring (bicyclic) bond motifs is 1. The number of aromatic carboxylic acids is 1. The van der Waals surface area contributed by atoms with Crippen LogP contribution in [-0.2, 0) is 13.6 Å². The Labute approximate surface area is 116 Å². The van der Waals surface area contributed by atoms with Crippen molar-refractivity contribution in [2.24, 2.45) is 7.05 Å². The van der Waals surface area contributed by atoms with Gasteiger partial charge in [0.2, 0.25) is 0 Å². The van der Waals surface area contributed by atoms with E-state index >= 15 is 0 Å². The second-order valence-corrected chi connectivity index (χ2v) is 4.92. The highest BCUT2D eigenvalue weighted by molar-refractivity contribution is 5.93. The lowest BCUT2D eigenvalue weighted by molar-refractivity contribution is 0.0697. The third-order valence-corrected chi connectivity index (χ3v) is 3.45. The van der Waals surface area contributed by atoms with Crippen LogP contribution in [0, 0.1) is 6.92 Å². The first-order valence-electron chi connectivity index (χ1n) is 6.36. The van der Waals surface area contributed by atoms with Gasteiger partial charge in [0, 0.05) is 18.8 Å². The number of aryl methyl sites for hydroxylation is 2. The molecule has 20 heavy (non-hydrogen) atoms. The SMILES string of the molecule is Cc1cc(Cn2ccc3ccc(C(=O)O)cc32)n(C)n1. The Morgan fingerprint density at radius 1 is 1.30 bits per heavy atom. The molecule has 102 valence electrons.